The molecule has 0 saturated carbocycles. The number of nitrogens with two attached hydrogens (primary N) is 1. The Bertz CT molecular complexity index is 242. The molecule has 0 aliphatic rings. The normalized spacial score (nSPS) is 9.30. The average Bonchev–Trinajstić information content (AvgIpc) is 1.88. The van der Waals surface area contributed by atoms with Crippen LogP contribution >= 0.6 is 0 Å². The first-order chi connectivity index (χ1) is 4.70. The molecule has 1 rings (SSSR count). The standard InChI is InChI=1S/C7H6NOSi/c8-7(9)5-1-3-6(10)4-2-5/h1-4H,(H2,8,9). The Hall–Kier alpha value is -1.09. The summed E-state index contributed by atoms with van der Waals surface area (Å²) < 4.78 is 0. The van der Waals surface area contributed by atoms with Gasteiger partial charge >= 0.3 is 0 Å². The van der Waals surface area contributed by atoms with Crippen molar-refractivity contribution < 1.29 is 4.79 Å². The van der Waals surface area contributed by atoms with E-state index in [0.717, 1.165) is 5.19 Å². The summed E-state index contributed by atoms with van der Waals surface area (Å²) in [6, 6.07) is 6.89. The number of hydrogen-bond acceptors (Lipinski definition) is 1. The van der Waals surface area contributed by atoms with Crippen LogP contribution in [0.1, 0.15) is 10.4 Å². The lowest BCUT2D eigenvalue weighted by Crippen LogP contribution is -2.12. The van der Waals surface area contributed by atoms with Crippen LogP contribution in [0.4, 0.5) is 0 Å². The molecule has 1 aromatic rings. The Balaban J connectivity index is 3.00. The van der Waals surface area contributed by atoms with Gasteiger partial charge in [-0.25, -0.2) is 0 Å². The molecule has 3 heteroatoms. The van der Waals surface area contributed by atoms with Crippen molar-refractivity contribution in [2.24, 2.45) is 5.73 Å². The van der Waals surface area contributed by atoms with Gasteiger partial charge in [-0.3, -0.25) is 4.79 Å². The van der Waals surface area contributed by atoms with Crippen molar-refractivity contribution in [3.05, 3.63) is 29.8 Å². The third-order valence-corrected chi connectivity index (χ3v) is 1.50. The first-order valence-corrected chi connectivity index (χ1v) is 3.31. The van der Waals surface area contributed by atoms with E-state index in [-0.39, 0.29) is 0 Å². The van der Waals surface area contributed by atoms with Gasteiger partial charge in [0.05, 0.1) is 10.2 Å². The van der Waals surface area contributed by atoms with Crippen LogP contribution in [0.25, 0.3) is 0 Å². The summed E-state index contributed by atoms with van der Waals surface area (Å²) in [5, 5.41) is 0.935. The van der Waals surface area contributed by atoms with Crippen molar-refractivity contribution in [1.82, 2.24) is 0 Å². The molecule has 2 N–H and O–H groups in total. The summed E-state index contributed by atoms with van der Waals surface area (Å²) in [4.78, 5) is 10.5. The minimum absolute atomic E-state index is 0.397. The molecule has 0 aromatic heterocycles. The molecule has 2 nitrogen and oxygen atoms in total. The third-order valence-electron chi connectivity index (χ3n) is 1.17. The SMILES string of the molecule is NC(=O)c1ccc([Si])cc1. The number of carbonyl (C=O) groups excluding carboxylic acids is 1. The molecule has 0 spiro atoms. The minimum Gasteiger partial charge on any atom is -0.366 e. The topological polar surface area (TPSA) is 43.1 Å². The predicted octanol–water partition coefficient (Wildman–Crippen LogP) is -0.421. The lowest BCUT2D eigenvalue weighted by atomic mass is 10.2. The number of primary amides is 1. The fourth-order valence-electron chi connectivity index (χ4n) is 0.634. The predicted molar refractivity (Wildman–Crippen MR) is 40.3 cm³/mol. The molecular formula is C7H6NOSi. The van der Waals surface area contributed by atoms with Gasteiger partial charge in [0, 0.05) is 5.56 Å². The minimum atomic E-state index is -0.397. The maximum atomic E-state index is 10.5. The van der Waals surface area contributed by atoms with Crippen LogP contribution in [0.5, 0.6) is 0 Å². The molecule has 0 aliphatic carbocycles. The van der Waals surface area contributed by atoms with Gasteiger partial charge in [-0.05, 0) is 12.1 Å². The second-order valence-corrected chi connectivity index (χ2v) is 2.52. The molecule has 0 saturated heterocycles. The van der Waals surface area contributed by atoms with Crippen LogP contribution in [0.3, 0.4) is 0 Å². The zero-order valence-electron chi connectivity index (χ0n) is 5.29. The van der Waals surface area contributed by atoms with Gasteiger partial charge in [0.1, 0.15) is 0 Å². The monoisotopic (exact) mass is 148 g/mol. The number of rotatable bonds is 1. The van der Waals surface area contributed by atoms with Crippen LogP contribution < -0.4 is 10.9 Å². The molecule has 0 bridgehead atoms. The molecule has 0 unspecified atom stereocenters. The van der Waals surface area contributed by atoms with Crippen molar-refractivity contribution in [2.75, 3.05) is 0 Å². The van der Waals surface area contributed by atoms with Crippen molar-refractivity contribution in [2.45, 2.75) is 0 Å². The maximum Gasteiger partial charge on any atom is 0.248 e. The largest absolute Gasteiger partial charge is 0.366 e. The summed E-state index contributed by atoms with van der Waals surface area (Å²) >= 11 is 0. The Morgan fingerprint density at radius 2 is 1.80 bits per heavy atom. The average molecular weight is 148 g/mol. The van der Waals surface area contributed by atoms with E-state index in [4.69, 9.17) is 5.73 Å². The first-order valence-electron chi connectivity index (χ1n) is 2.81. The Morgan fingerprint density at radius 3 is 2.20 bits per heavy atom. The highest BCUT2D eigenvalue weighted by molar-refractivity contribution is 6.32. The van der Waals surface area contributed by atoms with E-state index in [2.05, 4.69) is 10.2 Å². The van der Waals surface area contributed by atoms with Gasteiger partial charge in [0.15, 0.2) is 0 Å². The third kappa shape index (κ3) is 1.45. The van der Waals surface area contributed by atoms with E-state index in [1.165, 1.54) is 0 Å². The smallest absolute Gasteiger partial charge is 0.248 e. The molecule has 49 valence electrons. The van der Waals surface area contributed by atoms with Crippen molar-refractivity contribution in [1.29, 1.82) is 0 Å². The number of amides is 1. The number of carbonyl (C=O) groups is 1. The highest BCUT2D eigenvalue weighted by Gasteiger charge is 1.95. The molecule has 1 aromatic carbocycles. The van der Waals surface area contributed by atoms with Crippen LogP contribution in [-0.2, 0) is 0 Å². The van der Waals surface area contributed by atoms with E-state index in [1.807, 2.05) is 0 Å². The number of benzene rings is 1. The molecule has 10 heavy (non-hydrogen) atoms. The van der Waals surface area contributed by atoms with Gasteiger partial charge in [-0.15, -0.1) is 0 Å². The van der Waals surface area contributed by atoms with Gasteiger partial charge in [0.2, 0.25) is 5.91 Å². The lowest BCUT2D eigenvalue weighted by Gasteiger charge is -1.93. The van der Waals surface area contributed by atoms with E-state index in [0.29, 0.717) is 5.56 Å². The second kappa shape index (κ2) is 2.66. The first kappa shape index (κ1) is 7.02. The molecule has 3 radical (unpaired) electrons. The fourth-order valence-corrected chi connectivity index (χ4v) is 0.801. The van der Waals surface area contributed by atoms with Crippen molar-refractivity contribution in [3.63, 3.8) is 0 Å². The van der Waals surface area contributed by atoms with Crippen LogP contribution in [0.2, 0.25) is 0 Å². The highest BCUT2D eigenvalue weighted by Crippen LogP contribution is 1.92. The lowest BCUT2D eigenvalue weighted by molar-refractivity contribution is 0.100. The van der Waals surface area contributed by atoms with Crippen molar-refractivity contribution in [3.8, 4) is 0 Å². The van der Waals surface area contributed by atoms with E-state index >= 15 is 0 Å². The summed E-state index contributed by atoms with van der Waals surface area (Å²) in [7, 11) is 3.29. The highest BCUT2D eigenvalue weighted by atomic mass is 28.1. The van der Waals surface area contributed by atoms with E-state index in [1.54, 1.807) is 24.3 Å². The van der Waals surface area contributed by atoms with Gasteiger partial charge in [-0.2, -0.15) is 0 Å². The summed E-state index contributed by atoms with van der Waals surface area (Å²) in [5.74, 6) is -0.397. The van der Waals surface area contributed by atoms with Crippen LogP contribution in [0.15, 0.2) is 24.3 Å². The molecule has 0 fully saturated rings. The summed E-state index contributed by atoms with van der Waals surface area (Å²) in [6.07, 6.45) is 0. The fraction of sp³-hybridized carbons (Fsp3) is 0. The van der Waals surface area contributed by atoms with E-state index < -0.39 is 5.91 Å². The molecule has 1 amide bonds. The zero-order chi connectivity index (χ0) is 7.56. The van der Waals surface area contributed by atoms with Crippen LogP contribution in [0, 0.1) is 0 Å². The Kier molecular flexibility index (Phi) is 1.87. The molecular weight excluding hydrogens is 142 g/mol. The second-order valence-electron chi connectivity index (χ2n) is 1.94. The van der Waals surface area contributed by atoms with Gasteiger partial charge < -0.3 is 5.73 Å². The summed E-state index contributed by atoms with van der Waals surface area (Å²) in [6.45, 7) is 0. The van der Waals surface area contributed by atoms with E-state index in [9.17, 15) is 4.79 Å². The zero-order valence-corrected chi connectivity index (χ0v) is 6.29. The number of hydrogen-bond donors (Lipinski definition) is 1. The van der Waals surface area contributed by atoms with Crippen LogP contribution in [-0.4, -0.2) is 16.1 Å². The van der Waals surface area contributed by atoms with Crippen molar-refractivity contribution >= 4 is 21.3 Å². The Labute approximate surface area is 62.5 Å². The Morgan fingerprint density at radius 1 is 1.30 bits per heavy atom. The quantitative estimate of drug-likeness (QED) is 0.540. The molecule has 0 heterocycles. The molecule has 0 aliphatic heterocycles. The summed E-state index contributed by atoms with van der Waals surface area (Å²) in [5.41, 5.74) is 5.54. The van der Waals surface area contributed by atoms with Gasteiger partial charge in [-0.1, -0.05) is 17.3 Å². The molecule has 0 atom stereocenters. The van der Waals surface area contributed by atoms with Gasteiger partial charge in [0.25, 0.3) is 0 Å². The maximum absolute atomic E-state index is 10.5.